The Morgan fingerprint density at radius 1 is 1.12 bits per heavy atom. The fourth-order valence-corrected chi connectivity index (χ4v) is 3.55. The number of benzene rings is 2. The van der Waals surface area contributed by atoms with Crippen LogP contribution in [0.5, 0.6) is 0 Å². The summed E-state index contributed by atoms with van der Waals surface area (Å²) in [4.78, 5) is 49.9. The Balaban J connectivity index is 1.81. The number of nitrogens with zero attached hydrogens (tertiary/aromatic N) is 1. The van der Waals surface area contributed by atoms with E-state index < -0.39 is 35.8 Å². The number of carboxylic acids is 1. The van der Waals surface area contributed by atoms with E-state index in [0.717, 1.165) is 11.1 Å². The lowest BCUT2D eigenvalue weighted by Gasteiger charge is -2.27. The molecule has 1 aliphatic rings. The normalized spacial score (nSPS) is 16.9. The summed E-state index contributed by atoms with van der Waals surface area (Å²) in [5.41, 5.74) is 2.58. The summed E-state index contributed by atoms with van der Waals surface area (Å²) in [7, 11) is 1.49. The van der Waals surface area contributed by atoms with Crippen molar-refractivity contribution in [2.75, 3.05) is 7.05 Å². The van der Waals surface area contributed by atoms with Gasteiger partial charge in [0, 0.05) is 23.8 Å². The second-order valence-electron chi connectivity index (χ2n) is 7.46. The van der Waals surface area contributed by atoms with Gasteiger partial charge in [-0.05, 0) is 41.8 Å². The van der Waals surface area contributed by atoms with Crippen LogP contribution in [0.15, 0.2) is 60.3 Å². The van der Waals surface area contributed by atoms with Gasteiger partial charge >= 0.3 is 12.0 Å². The second kappa shape index (κ2) is 9.65. The van der Waals surface area contributed by atoms with Crippen molar-refractivity contribution in [3.63, 3.8) is 0 Å². The number of hydrogen-bond acceptors (Lipinski definition) is 4. The topological polar surface area (TPSA) is 116 Å². The third kappa shape index (κ3) is 5.33. The number of carbonyl (C=O) groups is 4. The minimum Gasteiger partial charge on any atom is -0.481 e. The first kappa shape index (κ1) is 23.0. The number of halogens is 1. The van der Waals surface area contributed by atoms with E-state index in [9.17, 15) is 24.3 Å². The molecule has 0 saturated carbocycles. The Kier molecular flexibility index (Phi) is 6.95. The van der Waals surface area contributed by atoms with Gasteiger partial charge in [-0.3, -0.25) is 14.4 Å². The van der Waals surface area contributed by atoms with E-state index in [1.165, 1.54) is 18.1 Å². The zero-order chi connectivity index (χ0) is 23.4. The molecule has 0 fully saturated rings. The molecule has 2 unspecified atom stereocenters. The molecule has 9 heteroatoms. The van der Waals surface area contributed by atoms with Gasteiger partial charge in [0.1, 0.15) is 0 Å². The predicted octanol–water partition coefficient (Wildman–Crippen LogP) is 3.14. The predicted molar refractivity (Wildman–Crippen MR) is 119 cm³/mol. The molecule has 3 amide bonds. The van der Waals surface area contributed by atoms with Gasteiger partial charge in [0.2, 0.25) is 0 Å². The number of ketones is 1. The van der Waals surface area contributed by atoms with E-state index in [1.54, 1.807) is 37.3 Å². The van der Waals surface area contributed by atoms with Crippen molar-refractivity contribution < 1.29 is 24.3 Å². The maximum absolute atomic E-state index is 12.6. The third-order valence-electron chi connectivity index (χ3n) is 5.06. The third-order valence-corrected chi connectivity index (χ3v) is 5.31. The van der Waals surface area contributed by atoms with E-state index in [1.807, 2.05) is 18.2 Å². The summed E-state index contributed by atoms with van der Waals surface area (Å²) in [6, 6.07) is 11.2. The lowest BCUT2D eigenvalue weighted by Crippen LogP contribution is -2.56. The Hall–Kier alpha value is -3.65. The van der Waals surface area contributed by atoms with Crippen LogP contribution < -0.4 is 10.6 Å². The zero-order valence-electron chi connectivity index (χ0n) is 17.5. The van der Waals surface area contributed by atoms with E-state index >= 15 is 0 Å². The van der Waals surface area contributed by atoms with E-state index in [4.69, 9.17) is 11.6 Å². The molecule has 166 valence electrons. The van der Waals surface area contributed by atoms with Crippen molar-refractivity contribution in [3.8, 4) is 11.1 Å². The molecular formula is C23H22ClN3O5. The van der Waals surface area contributed by atoms with Crippen molar-refractivity contribution in [3.05, 3.63) is 70.9 Å². The van der Waals surface area contributed by atoms with Crippen molar-refractivity contribution in [2.24, 2.45) is 0 Å². The average molecular weight is 456 g/mol. The van der Waals surface area contributed by atoms with Crippen LogP contribution >= 0.6 is 11.6 Å². The number of carboxylic acid groups (broad SMARTS) is 1. The number of likely N-dealkylation sites (N-methyl/N-ethyl adjacent to an activating group) is 1. The quantitative estimate of drug-likeness (QED) is 0.579. The lowest BCUT2D eigenvalue weighted by atomic mass is 9.98. The number of nitrogens with one attached hydrogen (secondary N) is 2. The fourth-order valence-electron chi connectivity index (χ4n) is 3.42. The fraction of sp³-hybridized carbons (Fsp3) is 0.217. The first-order chi connectivity index (χ1) is 15.2. The molecule has 3 N–H and O–H groups in total. The van der Waals surface area contributed by atoms with Crippen molar-refractivity contribution in [1.29, 1.82) is 0 Å². The van der Waals surface area contributed by atoms with Crippen LogP contribution in [0.4, 0.5) is 4.79 Å². The van der Waals surface area contributed by atoms with Gasteiger partial charge in [0.15, 0.2) is 11.8 Å². The SMILES string of the molecule is CC1=CN(C)C(=O)C(NC(=O)NC(CC(=O)O)c2cccc(-c3ccc(Cl)cc3)c2)C1=O. The highest BCUT2D eigenvalue weighted by molar-refractivity contribution is 6.30. The summed E-state index contributed by atoms with van der Waals surface area (Å²) in [5, 5.41) is 14.9. The molecule has 0 aliphatic carbocycles. The summed E-state index contributed by atoms with van der Waals surface area (Å²) in [6.45, 7) is 1.55. The molecule has 32 heavy (non-hydrogen) atoms. The first-order valence-corrected chi connectivity index (χ1v) is 10.2. The maximum atomic E-state index is 12.6. The van der Waals surface area contributed by atoms with Crippen LogP contribution in [-0.4, -0.2) is 46.8 Å². The van der Waals surface area contributed by atoms with Gasteiger partial charge in [-0.1, -0.05) is 41.9 Å². The molecule has 0 saturated heterocycles. The van der Waals surface area contributed by atoms with Gasteiger partial charge in [0.05, 0.1) is 12.5 Å². The average Bonchev–Trinajstić information content (AvgIpc) is 2.75. The molecule has 2 aromatic carbocycles. The van der Waals surface area contributed by atoms with Crippen molar-refractivity contribution in [2.45, 2.75) is 25.4 Å². The van der Waals surface area contributed by atoms with Crippen molar-refractivity contribution >= 4 is 35.3 Å². The highest BCUT2D eigenvalue weighted by Crippen LogP contribution is 2.26. The van der Waals surface area contributed by atoms with Crippen LogP contribution in [-0.2, 0) is 14.4 Å². The van der Waals surface area contributed by atoms with Crippen LogP contribution in [0.3, 0.4) is 0 Å². The molecule has 0 radical (unpaired) electrons. The largest absolute Gasteiger partial charge is 0.481 e. The minimum absolute atomic E-state index is 0.329. The van der Waals surface area contributed by atoms with Gasteiger partial charge < -0.3 is 20.6 Å². The van der Waals surface area contributed by atoms with Crippen LogP contribution in [0.1, 0.15) is 24.9 Å². The van der Waals surface area contributed by atoms with Gasteiger partial charge in [-0.2, -0.15) is 0 Å². The molecule has 2 atom stereocenters. The zero-order valence-corrected chi connectivity index (χ0v) is 18.2. The molecule has 8 nitrogen and oxygen atoms in total. The van der Waals surface area contributed by atoms with Gasteiger partial charge in [-0.25, -0.2) is 4.79 Å². The monoisotopic (exact) mass is 455 g/mol. The Labute approximate surface area is 189 Å². The van der Waals surface area contributed by atoms with Gasteiger partial charge in [-0.15, -0.1) is 0 Å². The molecule has 3 rings (SSSR count). The lowest BCUT2D eigenvalue weighted by molar-refractivity contribution is -0.138. The molecule has 1 aliphatic heterocycles. The smallest absolute Gasteiger partial charge is 0.316 e. The summed E-state index contributed by atoms with van der Waals surface area (Å²) >= 11 is 5.94. The van der Waals surface area contributed by atoms with E-state index in [0.29, 0.717) is 16.2 Å². The standard InChI is InChI=1S/C23H22ClN3O5/c1-13-12-27(2)22(31)20(21(13)30)26-23(32)25-18(11-19(28)29)16-5-3-4-15(10-16)14-6-8-17(24)9-7-14/h3-10,12,18,20H,11H2,1-2H3,(H,28,29)(H2,25,26,32). The van der Waals surface area contributed by atoms with Gasteiger partial charge in [0.25, 0.3) is 5.91 Å². The Morgan fingerprint density at radius 3 is 2.47 bits per heavy atom. The number of rotatable bonds is 6. The van der Waals surface area contributed by atoms with Crippen molar-refractivity contribution in [1.82, 2.24) is 15.5 Å². The van der Waals surface area contributed by atoms with Crippen LogP contribution in [0, 0.1) is 0 Å². The minimum atomic E-state index is -1.36. The number of Topliss-reactive ketones (excluding diaryl/α,β-unsaturated/α-hetero) is 1. The number of carbonyl (C=O) groups excluding carboxylic acids is 3. The Morgan fingerprint density at radius 2 is 1.81 bits per heavy atom. The summed E-state index contributed by atoms with van der Waals surface area (Å²) < 4.78 is 0. The molecule has 2 aromatic rings. The number of hydrogen-bond donors (Lipinski definition) is 3. The molecular weight excluding hydrogens is 434 g/mol. The summed E-state index contributed by atoms with van der Waals surface area (Å²) in [6.07, 6.45) is 1.01. The molecule has 0 aromatic heterocycles. The Bertz CT molecular complexity index is 1100. The number of urea groups is 1. The highest BCUT2D eigenvalue weighted by Gasteiger charge is 2.35. The number of aliphatic carboxylic acids is 1. The molecule has 0 spiro atoms. The summed E-state index contributed by atoms with van der Waals surface area (Å²) in [5.74, 6) is -2.20. The second-order valence-corrected chi connectivity index (χ2v) is 7.90. The number of amides is 3. The first-order valence-electron chi connectivity index (χ1n) is 9.79. The van der Waals surface area contributed by atoms with E-state index in [2.05, 4.69) is 10.6 Å². The highest BCUT2D eigenvalue weighted by atomic mass is 35.5. The molecule has 0 bridgehead atoms. The van der Waals surface area contributed by atoms with Crippen LogP contribution in [0.25, 0.3) is 11.1 Å². The maximum Gasteiger partial charge on any atom is 0.316 e. The molecule has 1 heterocycles. The van der Waals surface area contributed by atoms with Crippen LogP contribution in [0.2, 0.25) is 5.02 Å². The van der Waals surface area contributed by atoms with E-state index in [-0.39, 0.29) is 6.42 Å².